The van der Waals surface area contributed by atoms with Gasteiger partial charge in [-0.05, 0) is 0 Å². The summed E-state index contributed by atoms with van der Waals surface area (Å²) < 4.78 is 4.08. The first kappa shape index (κ1) is 11.9. The molecule has 0 spiro atoms. The maximum atomic E-state index is 9.58. The summed E-state index contributed by atoms with van der Waals surface area (Å²) in [5, 5.41) is 15.2. The molecular formula is C4H9IO4. The first-order valence-corrected chi connectivity index (χ1v) is 3.08. The summed E-state index contributed by atoms with van der Waals surface area (Å²) in [5.74, 6) is -0.259. The lowest BCUT2D eigenvalue weighted by Gasteiger charge is -1.76. The van der Waals surface area contributed by atoms with Crippen molar-refractivity contribution in [2.24, 2.45) is 0 Å². The van der Waals surface area contributed by atoms with Crippen molar-refractivity contribution in [3.63, 3.8) is 0 Å². The molecule has 0 aromatic rings. The lowest BCUT2D eigenvalue weighted by molar-refractivity contribution is -0.128. The first-order valence-electron chi connectivity index (χ1n) is 2.20. The lowest BCUT2D eigenvalue weighted by Crippen LogP contribution is -1.85. The van der Waals surface area contributed by atoms with Crippen LogP contribution in [-0.4, -0.2) is 29.4 Å². The second kappa shape index (κ2) is 11.0. The molecule has 0 unspecified atom stereocenters. The molecule has 5 heteroatoms. The molecule has 0 aliphatic rings. The zero-order valence-corrected chi connectivity index (χ0v) is 7.16. The molecule has 9 heavy (non-hydrogen) atoms. The van der Waals surface area contributed by atoms with Crippen LogP contribution < -0.4 is 0 Å². The van der Waals surface area contributed by atoms with Gasteiger partial charge in [0.25, 0.3) is 0 Å². The third-order valence-electron chi connectivity index (χ3n) is 0.209. The minimum atomic E-state index is -0.259. The number of aliphatic hydroxyl groups is 2. The summed E-state index contributed by atoms with van der Waals surface area (Å²) in [6.07, 6.45) is 0. The van der Waals surface area contributed by atoms with Gasteiger partial charge in [-0.2, -0.15) is 0 Å². The van der Waals surface area contributed by atoms with Crippen molar-refractivity contribution in [1.82, 2.24) is 0 Å². The Hall–Kier alpha value is 0.120. The van der Waals surface area contributed by atoms with E-state index in [2.05, 4.69) is 3.07 Å². The van der Waals surface area contributed by atoms with Crippen LogP contribution in [0.25, 0.3) is 0 Å². The van der Waals surface area contributed by atoms with Gasteiger partial charge in [-0.1, -0.05) is 0 Å². The van der Waals surface area contributed by atoms with Gasteiger partial charge < -0.3 is 13.3 Å². The fraction of sp³-hybridized carbons (Fsp3) is 0.750. The molecule has 0 fully saturated rings. The third kappa shape index (κ3) is 31.2. The van der Waals surface area contributed by atoms with Crippen molar-refractivity contribution >= 4 is 29.0 Å². The number of carbonyl (C=O) groups excluding carboxylic acids is 1. The van der Waals surface area contributed by atoms with Crippen molar-refractivity contribution < 1.29 is 18.1 Å². The van der Waals surface area contributed by atoms with E-state index >= 15 is 0 Å². The van der Waals surface area contributed by atoms with Crippen LogP contribution in [0.15, 0.2) is 0 Å². The second-order valence-corrected chi connectivity index (χ2v) is 1.46. The van der Waals surface area contributed by atoms with Crippen molar-refractivity contribution in [3.8, 4) is 0 Å². The lowest BCUT2D eigenvalue weighted by atomic mass is 10.8. The minimum absolute atomic E-state index is 0.125. The number of halogens is 1. The molecule has 56 valence electrons. The van der Waals surface area contributed by atoms with Gasteiger partial charge in [0.15, 0.2) is 23.0 Å². The van der Waals surface area contributed by atoms with Crippen LogP contribution in [0.5, 0.6) is 0 Å². The molecule has 0 aliphatic carbocycles. The van der Waals surface area contributed by atoms with Crippen LogP contribution in [0.3, 0.4) is 0 Å². The molecule has 0 heterocycles. The Bertz CT molecular complexity index is 63.6. The van der Waals surface area contributed by atoms with Gasteiger partial charge in [0.2, 0.25) is 0 Å². The van der Waals surface area contributed by atoms with E-state index in [1.54, 1.807) is 0 Å². The van der Waals surface area contributed by atoms with Gasteiger partial charge in [-0.25, -0.2) is 0 Å². The standard InChI is InChI=1S/C2H3IO2.C2H6O2/c1-2(4)5-3;3-1-2-4/h1H3;3-4H,1-2H2. The Balaban J connectivity index is 0. The Labute approximate surface area is 67.5 Å². The van der Waals surface area contributed by atoms with Gasteiger partial charge in [-0.15, -0.1) is 0 Å². The van der Waals surface area contributed by atoms with E-state index in [0.29, 0.717) is 0 Å². The summed E-state index contributed by atoms with van der Waals surface area (Å²) >= 11 is 1.53. The van der Waals surface area contributed by atoms with E-state index < -0.39 is 0 Å². The molecule has 0 radical (unpaired) electrons. The predicted molar refractivity (Wildman–Crippen MR) is 40.0 cm³/mol. The highest BCUT2D eigenvalue weighted by atomic mass is 127. The van der Waals surface area contributed by atoms with Crippen LogP contribution >= 0.6 is 23.0 Å². The van der Waals surface area contributed by atoms with Gasteiger partial charge >= 0.3 is 5.97 Å². The summed E-state index contributed by atoms with van der Waals surface area (Å²) in [6.45, 7) is 1.10. The molecule has 0 amide bonds. The third-order valence-corrected chi connectivity index (χ3v) is 0.829. The van der Waals surface area contributed by atoms with E-state index in [1.165, 1.54) is 29.9 Å². The molecule has 0 atom stereocenters. The Morgan fingerprint density at radius 3 is 1.78 bits per heavy atom. The van der Waals surface area contributed by atoms with Crippen LogP contribution in [0, 0.1) is 0 Å². The minimum Gasteiger partial charge on any atom is -0.395 e. The maximum Gasteiger partial charge on any atom is 0.312 e. The van der Waals surface area contributed by atoms with Crippen molar-refractivity contribution in [1.29, 1.82) is 0 Å². The van der Waals surface area contributed by atoms with E-state index in [4.69, 9.17) is 10.2 Å². The fourth-order valence-corrected chi connectivity index (χ4v) is 0. The largest absolute Gasteiger partial charge is 0.395 e. The Kier molecular flexibility index (Phi) is 14.5. The normalized spacial score (nSPS) is 7.11. The molecule has 0 saturated carbocycles. The topological polar surface area (TPSA) is 66.8 Å². The molecule has 0 aliphatic heterocycles. The SMILES string of the molecule is CC(=O)OI.OCCO. The molecule has 0 aromatic heterocycles. The van der Waals surface area contributed by atoms with E-state index in [0.717, 1.165) is 0 Å². The van der Waals surface area contributed by atoms with Crippen LogP contribution in [-0.2, 0) is 7.86 Å². The molecule has 0 saturated heterocycles. The molecule has 0 rings (SSSR count). The number of carbonyl (C=O) groups is 1. The zero-order chi connectivity index (χ0) is 7.70. The average molecular weight is 248 g/mol. The van der Waals surface area contributed by atoms with E-state index in [-0.39, 0.29) is 19.2 Å². The smallest absolute Gasteiger partial charge is 0.312 e. The second-order valence-electron chi connectivity index (χ2n) is 1.02. The number of aliphatic hydroxyl groups excluding tert-OH is 2. The van der Waals surface area contributed by atoms with Crippen molar-refractivity contribution in [2.75, 3.05) is 13.2 Å². The van der Waals surface area contributed by atoms with Crippen LogP contribution in [0.1, 0.15) is 6.92 Å². The summed E-state index contributed by atoms with van der Waals surface area (Å²) in [5.41, 5.74) is 0. The zero-order valence-electron chi connectivity index (χ0n) is 5.00. The Morgan fingerprint density at radius 2 is 1.78 bits per heavy atom. The summed E-state index contributed by atoms with van der Waals surface area (Å²) in [6, 6.07) is 0. The molecule has 0 bridgehead atoms. The highest BCUT2D eigenvalue weighted by Gasteiger charge is 1.78. The molecule has 2 N–H and O–H groups in total. The van der Waals surface area contributed by atoms with Gasteiger partial charge in [-0.3, -0.25) is 4.79 Å². The van der Waals surface area contributed by atoms with Gasteiger partial charge in [0.05, 0.1) is 13.2 Å². The highest BCUT2D eigenvalue weighted by Crippen LogP contribution is 1.82. The first-order chi connectivity index (χ1) is 4.18. The van der Waals surface area contributed by atoms with Gasteiger partial charge in [0.1, 0.15) is 0 Å². The highest BCUT2D eigenvalue weighted by molar-refractivity contribution is 14.1. The fourth-order valence-electron chi connectivity index (χ4n) is 0. The van der Waals surface area contributed by atoms with E-state index in [9.17, 15) is 4.79 Å². The summed E-state index contributed by atoms with van der Waals surface area (Å²) in [7, 11) is 0. The van der Waals surface area contributed by atoms with E-state index in [1.807, 2.05) is 0 Å². The van der Waals surface area contributed by atoms with Crippen molar-refractivity contribution in [2.45, 2.75) is 6.92 Å². The quantitative estimate of drug-likeness (QED) is 0.634. The van der Waals surface area contributed by atoms with Crippen LogP contribution in [0.2, 0.25) is 0 Å². The number of hydrogen-bond donors (Lipinski definition) is 2. The Morgan fingerprint density at radius 1 is 1.56 bits per heavy atom. The molecular weight excluding hydrogens is 239 g/mol. The molecule has 0 aromatic carbocycles. The van der Waals surface area contributed by atoms with Crippen LogP contribution in [0.4, 0.5) is 0 Å². The maximum absolute atomic E-state index is 9.58. The summed E-state index contributed by atoms with van der Waals surface area (Å²) in [4.78, 5) is 9.58. The molecule has 4 nitrogen and oxygen atoms in total. The predicted octanol–water partition coefficient (Wildman–Crippen LogP) is -0.130. The van der Waals surface area contributed by atoms with Crippen molar-refractivity contribution in [3.05, 3.63) is 0 Å². The number of hydrogen-bond acceptors (Lipinski definition) is 4. The average Bonchev–Trinajstić information content (AvgIpc) is 1.89. The van der Waals surface area contributed by atoms with Gasteiger partial charge in [0, 0.05) is 6.92 Å². The monoisotopic (exact) mass is 248 g/mol. The number of rotatable bonds is 1.